The van der Waals surface area contributed by atoms with E-state index in [1.165, 1.54) is 12.1 Å². The zero-order chi connectivity index (χ0) is 22.4. The van der Waals surface area contributed by atoms with Crippen LogP contribution in [0.2, 0.25) is 0 Å². The van der Waals surface area contributed by atoms with Crippen LogP contribution in [0.25, 0.3) is 12.5 Å². The van der Waals surface area contributed by atoms with Crippen LogP contribution >= 0.6 is 0 Å². The summed E-state index contributed by atoms with van der Waals surface area (Å²) in [6, 6.07) is 9.99. The van der Waals surface area contributed by atoms with Gasteiger partial charge < -0.3 is 21.7 Å². The summed E-state index contributed by atoms with van der Waals surface area (Å²) >= 11 is 0. The minimum atomic E-state index is -0.594. The number of aliphatic hydroxyl groups is 2. The maximum atomic E-state index is 13.4. The van der Waals surface area contributed by atoms with Crippen molar-refractivity contribution in [1.82, 2.24) is 0 Å². The zero-order valence-corrected chi connectivity index (χ0v) is 16.5. The number of rotatable bonds is 1. The summed E-state index contributed by atoms with van der Waals surface area (Å²) in [5, 5.41) is 36.4. The number of benzene rings is 1. The molecule has 0 aromatic heterocycles. The topological polar surface area (TPSA) is 170 Å². The third-order valence-electron chi connectivity index (χ3n) is 5.26. The molecule has 0 aliphatic heterocycles. The van der Waals surface area contributed by atoms with E-state index in [1.54, 1.807) is 12.1 Å². The lowest BCUT2D eigenvalue weighted by Gasteiger charge is -2.06. The molecule has 0 saturated heterocycles. The summed E-state index contributed by atoms with van der Waals surface area (Å²) in [5.41, 5.74) is 13.5. The molecule has 8 heteroatoms. The Hall–Kier alpha value is -4.46. The molecular formula is C23H19N5O3. The first kappa shape index (κ1) is 19.8. The van der Waals surface area contributed by atoms with Crippen molar-refractivity contribution < 1.29 is 10.2 Å². The normalized spacial score (nSPS) is 13.5. The molecule has 154 valence electrons. The molecule has 8 N–H and O–H groups in total. The largest absolute Gasteiger partial charge is 0.515 e. The quantitative estimate of drug-likeness (QED) is 0.250. The molecule has 8 nitrogen and oxygen atoms in total. The van der Waals surface area contributed by atoms with Gasteiger partial charge in [-0.15, -0.1) is 0 Å². The number of aliphatic hydroxyl groups excluding tert-OH is 2. The van der Waals surface area contributed by atoms with Crippen LogP contribution in [-0.4, -0.2) is 10.2 Å². The van der Waals surface area contributed by atoms with Crippen molar-refractivity contribution >= 4 is 29.6 Å². The van der Waals surface area contributed by atoms with Crippen molar-refractivity contribution in [3.63, 3.8) is 0 Å². The van der Waals surface area contributed by atoms with Crippen molar-refractivity contribution in [3.05, 3.63) is 99.6 Å². The maximum absolute atomic E-state index is 13.4. The molecule has 0 heterocycles. The Morgan fingerprint density at radius 3 is 1.90 bits per heavy atom. The molecule has 0 spiro atoms. The monoisotopic (exact) mass is 413 g/mol. The van der Waals surface area contributed by atoms with Gasteiger partial charge in [0.05, 0.1) is 44.7 Å². The molecule has 0 fully saturated rings. The first-order valence-electron chi connectivity index (χ1n) is 9.30. The van der Waals surface area contributed by atoms with Crippen molar-refractivity contribution in [2.24, 2.45) is 4.99 Å². The van der Waals surface area contributed by atoms with E-state index in [2.05, 4.69) is 4.99 Å². The minimum absolute atomic E-state index is 0.0111. The van der Waals surface area contributed by atoms with E-state index in [9.17, 15) is 15.0 Å². The second-order valence-corrected chi connectivity index (χ2v) is 7.24. The van der Waals surface area contributed by atoms with Crippen LogP contribution in [0.3, 0.4) is 0 Å². The predicted octanol–water partition coefficient (Wildman–Crippen LogP) is -0.372. The number of aryl methyl sites for hydroxylation is 1. The highest BCUT2D eigenvalue weighted by Gasteiger charge is 2.13. The Bertz CT molecular complexity index is 1840. The maximum Gasteiger partial charge on any atom is 0.198 e. The summed E-state index contributed by atoms with van der Waals surface area (Å²) in [6.07, 6.45) is 1.45. The number of nitrogen functional groups attached to an aromatic ring is 2. The lowest BCUT2D eigenvalue weighted by Crippen LogP contribution is -2.39. The van der Waals surface area contributed by atoms with Gasteiger partial charge in [0.15, 0.2) is 5.43 Å². The van der Waals surface area contributed by atoms with Gasteiger partial charge >= 0.3 is 0 Å². The molecule has 0 saturated carbocycles. The SMILES string of the molecule is Cc1ccc(N=c2c3c(N)cc(=CO)c(=N)c=3c(=O)c3c(N)cc(=CO)c(=N)c2=3)cc1. The number of nitrogens with zero attached hydrogens (tertiary/aromatic N) is 1. The first-order valence-corrected chi connectivity index (χ1v) is 9.30. The Morgan fingerprint density at radius 2 is 1.35 bits per heavy atom. The molecular weight excluding hydrogens is 394 g/mol. The van der Waals surface area contributed by atoms with Crippen LogP contribution in [-0.2, 0) is 0 Å². The molecule has 0 bridgehead atoms. The smallest absolute Gasteiger partial charge is 0.198 e. The van der Waals surface area contributed by atoms with Gasteiger partial charge in [0.25, 0.3) is 0 Å². The highest BCUT2D eigenvalue weighted by atomic mass is 16.2. The fraction of sp³-hybridized carbons (Fsp3) is 0.0435. The lowest BCUT2D eigenvalue weighted by molar-refractivity contribution is 0.539. The van der Waals surface area contributed by atoms with E-state index in [1.807, 2.05) is 19.1 Å². The van der Waals surface area contributed by atoms with Crippen LogP contribution in [0.15, 0.2) is 46.2 Å². The average Bonchev–Trinajstić information content (AvgIpc) is 2.75. The van der Waals surface area contributed by atoms with Gasteiger partial charge in [0.2, 0.25) is 0 Å². The molecule has 31 heavy (non-hydrogen) atoms. The predicted molar refractivity (Wildman–Crippen MR) is 116 cm³/mol. The summed E-state index contributed by atoms with van der Waals surface area (Å²) < 4.78 is 0. The highest BCUT2D eigenvalue weighted by molar-refractivity contribution is 5.49. The zero-order valence-electron chi connectivity index (χ0n) is 16.5. The number of nitrogens with one attached hydrogen (secondary N) is 2. The van der Waals surface area contributed by atoms with Gasteiger partial charge in [0, 0.05) is 32.2 Å². The molecule has 0 amide bonds. The molecule has 3 aliphatic rings. The number of hydrogen-bond acceptors (Lipinski definition) is 8. The van der Waals surface area contributed by atoms with Gasteiger partial charge in [-0.05, 0) is 31.2 Å². The van der Waals surface area contributed by atoms with Gasteiger partial charge in [-0.25, -0.2) is 4.99 Å². The van der Waals surface area contributed by atoms with Crippen molar-refractivity contribution in [3.8, 4) is 0 Å². The third-order valence-corrected chi connectivity index (χ3v) is 5.26. The summed E-state index contributed by atoms with van der Waals surface area (Å²) in [4.78, 5) is 18.1. The number of anilines is 2. The van der Waals surface area contributed by atoms with Gasteiger partial charge in [0.1, 0.15) is 0 Å². The molecule has 4 rings (SSSR count). The van der Waals surface area contributed by atoms with Crippen LogP contribution in [0.5, 0.6) is 0 Å². The Kier molecular flexibility index (Phi) is 4.54. The Morgan fingerprint density at radius 1 is 0.839 bits per heavy atom. The van der Waals surface area contributed by atoms with Gasteiger partial charge in [-0.2, -0.15) is 0 Å². The highest BCUT2D eigenvalue weighted by Crippen LogP contribution is 2.12. The second-order valence-electron chi connectivity index (χ2n) is 7.24. The Balaban J connectivity index is 2.55. The fourth-order valence-corrected chi connectivity index (χ4v) is 3.73. The van der Waals surface area contributed by atoms with E-state index in [4.69, 9.17) is 22.3 Å². The Labute approximate surface area is 174 Å². The third kappa shape index (κ3) is 2.93. The van der Waals surface area contributed by atoms with Crippen LogP contribution in [0.4, 0.5) is 17.1 Å². The summed E-state index contributed by atoms with van der Waals surface area (Å²) in [5.74, 6) is 0. The summed E-state index contributed by atoms with van der Waals surface area (Å²) in [6.45, 7) is 1.93. The van der Waals surface area contributed by atoms with E-state index >= 15 is 0 Å². The number of hydrogen-bond donors (Lipinski definition) is 6. The fourth-order valence-electron chi connectivity index (χ4n) is 3.73. The van der Waals surface area contributed by atoms with Crippen molar-refractivity contribution in [2.75, 3.05) is 11.5 Å². The van der Waals surface area contributed by atoms with Crippen LogP contribution in [0, 0.1) is 38.6 Å². The molecule has 0 radical (unpaired) electrons. The molecule has 0 unspecified atom stereocenters. The molecule has 1 aromatic carbocycles. The number of nitrogens with two attached hydrogens (primary N) is 2. The van der Waals surface area contributed by atoms with Crippen molar-refractivity contribution in [2.45, 2.75) is 6.92 Å². The van der Waals surface area contributed by atoms with Gasteiger partial charge in [-0.3, -0.25) is 15.6 Å². The standard InChI is InChI=1S/C23H19N5O3/c1-10-2-4-13(5-3-10)28-22-16-14(24)6-12(9-30)21(27)19(16)23(31)17-15(25)7-11(8-29)20(26)18(17)22/h2-9,26-27,29-30H,24-25H2,1H3. The first-order chi connectivity index (χ1) is 14.8. The molecule has 1 aromatic rings. The van der Waals surface area contributed by atoms with Crippen molar-refractivity contribution in [1.29, 1.82) is 10.8 Å². The molecule has 3 aliphatic carbocycles. The minimum Gasteiger partial charge on any atom is -0.515 e. The lowest BCUT2D eigenvalue weighted by atomic mass is 10.0. The second kappa shape index (κ2) is 7.10. The van der Waals surface area contributed by atoms with Crippen LogP contribution in [0.1, 0.15) is 5.56 Å². The van der Waals surface area contributed by atoms with E-state index in [0.717, 1.165) is 11.8 Å². The van der Waals surface area contributed by atoms with E-state index in [0.29, 0.717) is 11.9 Å². The summed E-state index contributed by atoms with van der Waals surface area (Å²) in [7, 11) is 0. The van der Waals surface area contributed by atoms with E-state index in [-0.39, 0.29) is 58.8 Å². The van der Waals surface area contributed by atoms with E-state index < -0.39 is 5.43 Å². The van der Waals surface area contributed by atoms with Crippen LogP contribution < -0.4 is 43.4 Å². The average molecular weight is 413 g/mol. The molecule has 0 atom stereocenters. The van der Waals surface area contributed by atoms with Gasteiger partial charge in [-0.1, -0.05) is 17.7 Å².